The van der Waals surface area contributed by atoms with Crippen LogP contribution in [0.1, 0.15) is 30.0 Å². The Labute approximate surface area is 190 Å². The minimum atomic E-state index is -0.194. The van der Waals surface area contributed by atoms with Crippen LogP contribution in [0.4, 0.5) is 0 Å². The number of nitrogens with zero attached hydrogens (tertiary/aromatic N) is 3. The number of hydrogen-bond acceptors (Lipinski definition) is 5. The fourth-order valence-electron chi connectivity index (χ4n) is 4.25. The van der Waals surface area contributed by atoms with Gasteiger partial charge in [-0.25, -0.2) is 10.4 Å². The molecule has 2 aromatic carbocycles. The van der Waals surface area contributed by atoms with E-state index in [4.69, 9.17) is 10.7 Å². The van der Waals surface area contributed by atoms with Gasteiger partial charge in [0.15, 0.2) is 0 Å². The van der Waals surface area contributed by atoms with Gasteiger partial charge in [-0.3, -0.25) is 9.59 Å². The molecule has 1 atom stereocenters. The summed E-state index contributed by atoms with van der Waals surface area (Å²) in [5.74, 6) is 0.688. The Kier molecular flexibility index (Phi) is 5.35. The van der Waals surface area contributed by atoms with Gasteiger partial charge in [-0.05, 0) is 23.8 Å². The molecule has 166 valence electrons. The van der Waals surface area contributed by atoms with Crippen molar-refractivity contribution in [3.8, 4) is 11.4 Å². The number of nitrogens with two attached hydrogens (primary N) is 1. The van der Waals surface area contributed by atoms with E-state index in [1.807, 2.05) is 43.3 Å². The van der Waals surface area contributed by atoms with Gasteiger partial charge in [0.2, 0.25) is 5.91 Å². The first-order chi connectivity index (χ1) is 16.0. The summed E-state index contributed by atoms with van der Waals surface area (Å²) in [6.45, 7) is 2.77. The van der Waals surface area contributed by atoms with E-state index >= 15 is 0 Å². The monoisotopic (exact) mass is 440 g/mol. The highest BCUT2D eigenvalue weighted by Crippen LogP contribution is 2.28. The maximum atomic E-state index is 12.0. The van der Waals surface area contributed by atoms with Crippen LogP contribution < -0.4 is 16.7 Å². The Bertz CT molecular complexity index is 1430. The number of benzene rings is 2. The van der Waals surface area contributed by atoms with Crippen molar-refractivity contribution in [3.63, 3.8) is 0 Å². The second-order valence-electron chi connectivity index (χ2n) is 8.29. The molecule has 1 amide bonds. The molecule has 2 aromatic heterocycles. The summed E-state index contributed by atoms with van der Waals surface area (Å²) in [5, 5.41) is 4.28. The number of nitrogens with one attached hydrogen (secondary N) is 2. The lowest BCUT2D eigenvalue weighted by Crippen LogP contribution is -2.31. The average molecular weight is 441 g/mol. The summed E-state index contributed by atoms with van der Waals surface area (Å²) < 4.78 is 2.14. The molecule has 0 saturated heterocycles. The van der Waals surface area contributed by atoms with Crippen LogP contribution in [0, 0.1) is 5.92 Å². The molecule has 1 aliphatic rings. The number of aromatic nitrogens is 3. The summed E-state index contributed by atoms with van der Waals surface area (Å²) in [5.41, 5.74) is 14.1. The molecular formula is C25H24N6O2. The Morgan fingerprint density at radius 2 is 1.91 bits per heavy atom. The third kappa shape index (κ3) is 3.96. The second kappa shape index (κ2) is 8.48. The van der Waals surface area contributed by atoms with E-state index in [9.17, 15) is 9.59 Å². The Morgan fingerprint density at radius 1 is 1.09 bits per heavy atom. The van der Waals surface area contributed by atoms with Crippen molar-refractivity contribution in [1.82, 2.24) is 20.0 Å². The Balaban J connectivity index is 1.67. The molecule has 5 rings (SSSR count). The van der Waals surface area contributed by atoms with Gasteiger partial charge in [-0.2, -0.15) is 5.10 Å². The van der Waals surface area contributed by atoms with E-state index in [0.717, 1.165) is 39.3 Å². The lowest BCUT2D eigenvalue weighted by Gasteiger charge is -2.19. The third-order valence-electron chi connectivity index (χ3n) is 5.95. The molecule has 0 aliphatic carbocycles. The van der Waals surface area contributed by atoms with Crippen LogP contribution in [0.3, 0.4) is 0 Å². The molecule has 0 bridgehead atoms. The fourth-order valence-corrected chi connectivity index (χ4v) is 4.25. The lowest BCUT2D eigenvalue weighted by atomic mass is 9.94. The van der Waals surface area contributed by atoms with E-state index in [-0.39, 0.29) is 23.9 Å². The van der Waals surface area contributed by atoms with Crippen LogP contribution in [0.5, 0.6) is 0 Å². The first kappa shape index (κ1) is 20.8. The number of amides is 1. The fraction of sp³-hybridized carbons (Fsp3) is 0.200. The number of imidazole rings is 1. The molecule has 33 heavy (non-hydrogen) atoms. The van der Waals surface area contributed by atoms with Crippen LogP contribution >= 0.6 is 0 Å². The van der Waals surface area contributed by atoms with E-state index in [1.165, 1.54) is 0 Å². The highest BCUT2D eigenvalue weighted by Gasteiger charge is 2.23. The molecule has 4 aromatic rings. The molecule has 8 heteroatoms. The van der Waals surface area contributed by atoms with E-state index in [0.29, 0.717) is 18.5 Å². The molecule has 0 fully saturated rings. The van der Waals surface area contributed by atoms with Crippen molar-refractivity contribution < 1.29 is 4.79 Å². The highest BCUT2D eigenvalue weighted by molar-refractivity contribution is 6.07. The molecular weight excluding hydrogens is 416 g/mol. The topological polar surface area (TPSA) is 118 Å². The number of carbonyl (C=O) groups is 1. The Hall–Kier alpha value is -4.04. The Morgan fingerprint density at radius 3 is 2.67 bits per heavy atom. The quantitative estimate of drug-likeness (QED) is 0.442. The molecule has 1 aliphatic heterocycles. The molecule has 0 spiro atoms. The predicted molar refractivity (Wildman–Crippen MR) is 128 cm³/mol. The van der Waals surface area contributed by atoms with Crippen LogP contribution in [-0.4, -0.2) is 26.2 Å². The molecule has 1 unspecified atom stereocenters. The largest absolute Gasteiger partial charge is 0.328 e. The van der Waals surface area contributed by atoms with Crippen LogP contribution in [-0.2, 0) is 17.9 Å². The summed E-state index contributed by atoms with van der Waals surface area (Å²) >= 11 is 0. The van der Waals surface area contributed by atoms with Gasteiger partial charge in [-0.1, -0.05) is 43.3 Å². The SMILES string of the molecule is CC1CC(=O)NN=C1c1ccc2c(c1)nc(-c1c[nH]c(=O)c(CN)c1)n2Cc1ccccc1. The van der Waals surface area contributed by atoms with E-state index in [1.54, 1.807) is 12.3 Å². The summed E-state index contributed by atoms with van der Waals surface area (Å²) in [6.07, 6.45) is 2.08. The van der Waals surface area contributed by atoms with Crippen molar-refractivity contribution in [2.24, 2.45) is 16.8 Å². The van der Waals surface area contributed by atoms with Crippen molar-refractivity contribution >= 4 is 22.7 Å². The lowest BCUT2D eigenvalue weighted by molar-refractivity contribution is -0.121. The molecule has 0 radical (unpaired) electrons. The number of aromatic amines is 1. The van der Waals surface area contributed by atoms with Gasteiger partial charge in [0.1, 0.15) is 5.82 Å². The number of hydrazone groups is 1. The van der Waals surface area contributed by atoms with Gasteiger partial charge < -0.3 is 15.3 Å². The smallest absolute Gasteiger partial charge is 0.252 e. The third-order valence-corrected chi connectivity index (χ3v) is 5.95. The molecule has 8 nitrogen and oxygen atoms in total. The molecule has 4 N–H and O–H groups in total. The maximum Gasteiger partial charge on any atom is 0.252 e. The normalized spacial score (nSPS) is 16.0. The zero-order chi connectivity index (χ0) is 22.9. The summed E-state index contributed by atoms with van der Waals surface area (Å²) in [6, 6.07) is 18.0. The standard InChI is InChI=1S/C25H24N6O2/c1-15-9-22(32)29-30-23(15)17-7-8-21-20(11-17)28-24(19-10-18(12-26)25(33)27-13-19)31(21)14-16-5-3-2-4-6-16/h2-8,10-11,13,15H,9,12,14,26H2,1H3,(H,27,33)(H,29,32). The number of hydrogen-bond donors (Lipinski definition) is 3. The zero-order valence-corrected chi connectivity index (χ0v) is 18.2. The summed E-state index contributed by atoms with van der Waals surface area (Å²) in [4.78, 5) is 31.4. The van der Waals surface area contributed by atoms with Crippen LogP contribution in [0.2, 0.25) is 0 Å². The minimum Gasteiger partial charge on any atom is -0.328 e. The van der Waals surface area contributed by atoms with Crippen molar-refractivity contribution in [2.45, 2.75) is 26.4 Å². The first-order valence-corrected chi connectivity index (χ1v) is 10.9. The number of carbonyl (C=O) groups excluding carboxylic acids is 1. The van der Waals surface area contributed by atoms with Crippen molar-refractivity contribution in [2.75, 3.05) is 0 Å². The number of rotatable bonds is 5. The molecule has 3 heterocycles. The van der Waals surface area contributed by atoms with Gasteiger partial charge in [0.05, 0.1) is 16.7 Å². The maximum absolute atomic E-state index is 12.0. The number of pyridine rings is 1. The summed E-state index contributed by atoms with van der Waals surface area (Å²) in [7, 11) is 0. The first-order valence-electron chi connectivity index (χ1n) is 10.9. The van der Waals surface area contributed by atoms with E-state index in [2.05, 4.69) is 32.2 Å². The minimum absolute atomic E-state index is 0.0217. The van der Waals surface area contributed by atoms with E-state index < -0.39 is 0 Å². The molecule has 0 saturated carbocycles. The van der Waals surface area contributed by atoms with Crippen molar-refractivity contribution in [1.29, 1.82) is 0 Å². The number of fused-ring (bicyclic) bond motifs is 1. The second-order valence-corrected chi connectivity index (χ2v) is 8.29. The van der Waals surface area contributed by atoms with Gasteiger partial charge >= 0.3 is 0 Å². The van der Waals surface area contributed by atoms with Crippen molar-refractivity contribution in [3.05, 3.63) is 87.8 Å². The van der Waals surface area contributed by atoms with Crippen LogP contribution in [0.15, 0.2) is 70.7 Å². The predicted octanol–water partition coefficient (Wildman–Crippen LogP) is 2.76. The highest BCUT2D eigenvalue weighted by atomic mass is 16.2. The van der Waals surface area contributed by atoms with Gasteiger partial charge in [0, 0.05) is 48.3 Å². The average Bonchev–Trinajstić information content (AvgIpc) is 3.17. The zero-order valence-electron chi connectivity index (χ0n) is 18.2. The van der Waals surface area contributed by atoms with Gasteiger partial charge in [0.25, 0.3) is 5.56 Å². The van der Waals surface area contributed by atoms with Gasteiger partial charge in [-0.15, -0.1) is 0 Å². The van der Waals surface area contributed by atoms with Crippen LogP contribution in [0.25, 0.3) is 22.4 Å². The number of H-pyrrole nitrogens is 1.